The molecule has 110 valence electrons. The van der Waals surface area contributed by atoms with Crippen LogP contribution in [0.4, 0.5) is 5.69 Å². The van der Waals surface area contributed by atoms with Crippen molar-refractivity contribution in [2.45, 2.75) is 13.0 Å². The molecule has 0 aromatic heterocycles. The number of carbonyl (C=O) groups is 2. The minimum atomic E-state index is -0.722. The fraction of sp³-hybridized carbons (Fsp3) is 0.385. The molecule has 1 rings (SSSR count). The Morgan fingerprint density at radius 1 is 1.50 bits per heavy atom. The van der Waals surface area contributed by atoms with Crippen LogP contribution in [-0.2, 0) is 14.3 Å². The molecule has 1 amide bonds. The standard InChI is InChI=1S/C13H17ClN2O3S/c1-8-3-4-11(9(14)5-8)16-12(17)7-20-6-10(15)13(18)19-2/h3-5,10H,6-7,15H2,1-2H3,(H,16,17). The number of carbonyl (C=O) groups excluding carboxylic acids is 2. The second-order valence-electron chi connectivity index (χ2n) is 4.18. The summed E-state index contributed by atoms with van der Waals surface area (Å²) >= 11 is 7.28. The number of anilines is 1. The Hall–Kier alpha value is -1.24. The summed E-state index contributed by atoms with van der Waals surface area (Å²) in [6, 6.07) is 4.67. The van der Waals surface area contributed by atoms with Gasteiger partial charge in [0.05, 0.1) is 23.6 Å². The van der Waals surface area contributed by atoms with Crippen molar-refractivity contribution in [1.29, 1.82) is 0 Å². The van der Waals surface area contributed by atoms with E-state index in [9.17, 15) is 9.59 Å². The Morgan fingerprint density at radius 3 is 2.80 bits per heavy atom. The van der Waals surface area contributed by atoms with E-state index >= 15 is 0 Å². The van der Waals surface area contributed by atoms with E-state index in [0.29, 0.717) is 16.5 Å². The Bertz CT molecular complexity index is 497. The number of ether oxygens (including phenoxy) is 1. The molecule has 1 atom stereocenters. The van der Waals surface area contributed by atoms with Crippen molar-refractivity contribution in [3.8, 4) is 0 Å². The van der Waals surface area contributed by atoms with Crippen LogP contribution in [0.1, 0.15) is 5.56 Å². The molecule has 0 radical (unpaired) electrons. The molecule has 0 fully saturated rings. The highest BCUT2D eigenvalue weighted by molar-refractivity contribution is 8.00. The maximum Gasteiger partial charge on any atom is 0.323 e. The van der Waals surface area contributed by atoms with Crippen molar-refractivity contribution in [2.24, 2.45) is 5.73 Å². The number of hydrogen-bond donors (Lipinski definition) is 2. The van der Waals surface area contributed by atoms with Gasteiger partial charge in [0.25, 0.3) is 0 Å². The van der Waals surface area contributed by atoms with Crippen LogP contribution in [0.2, 0.25) is 5.02 Å². The number of rotatable bonds is 6. The van der Waals surface area contributed by atoms with Gasteiger partial charge >= 0.3 is 5.97 Å². The number of hydrogen-bond acceptors (Lipinski definition) is 5. The van der Waals surface area contributed by atoms with Crippen molar-refractivity contribution in [1.82, 2.24) is 0 Å². The van der Waals surface area contributed by atoms with Crippen molar-refractivity contribution < 1.29 is 14.3 Å². The van der Waals surface area contributed by atoms with Gasteiger partial charge in [0.15, 0.2) is 0 Å². The van der Waals surface area contributed by atoms with Crippen molar-refractivity contribution in [2.75, 3.05) is 23.9 Å². The summed E-state index contributed by atoms with van der Waals surface area (Å²) in [4.78, 5) is 22.8. The zero-order valence-electron chi connectivity index (χ0n) is 11.3. The highest BCUT2D eigenvalue weighted by Crippen LogP contribution is 2.22. The maximum absolute atomic E-state index is 11.7. The Balaban J connectivity index is 2.39. The van der Waals surface area contributed by atoms with Crippen LogP contribution < -0.4 is 11.1 Å². The third-order valence-electron chi connectivity index (χ3n) is 2.43. The number of methoxy groups -OCH3 is 1. The van der Waals surface area contributed by atoms with Crippen LogP contribution in [-0.4, -0.2) is 36.5 Å². The predicted octanol–water partition coefficient (Wildman–Crippen LogP) is 1.82. The third-order valence-corrected chi connectivity index (χ3v) is 3.81. The molecule has 0 bridgehead atoms. The molecule has 5 nitrogen and oxygen atoms in total. The fourth-order valence-corrected chi connectivity index (χ4v) is 2.45. The van der Waals surface area contributed by atoms with Crippen LogP contribution in [0.25, 0.3) is 0 Å². The molecule has 3 N–H and O–H groups in total. The first-order valence-electron chi connectivity index (χ1n) is 5.91. The van der Waals surface area contributed by atoms with E-state index in [4.69, 9.17) is 17.3 Å². The van der Waals surface area contributed by atoms with E-state index in [-0.39, 0.29) is 11.7 Å². The highest BCUT2D eigenvalue weighted by Gasteiger charge is 2.14. The van der Waals surface area contributed by atoms with Crippen LogP contribution >= 0.6 is 23.4 Å². The number of amides is 1. The average Bonchev–Trinajstić information content (AvgIpc) is 2.41. The maximum atomic E-state index is 11.7. The molecule has 0 spiro atoms. The van der Waals surface area contributed by atoms with Crippen molar-refractivity contribution in [3.63, 3.8) is 0 Å². The summed E-state index contributed by atoms with van der Waals surface area (Å²) in [6.45, 7) is 1.92. The summed E-state index contributed by atoms with van der Waals surface area (Å²) in [7, 11) is 1.28. The lowest BCUT2D eigenvalue weighted by Gasteiger charge is -2.10. The van der Waals surface area contributed by atoms with Gasteiger partial charge in [-0.2, -0.15) is 0 Å². The minimum absolute atomic E-state index is 0.189. The fourth-order valence-electron chi connectivity index (χ4n) is 1.41. The minimum Gasteiger partial charge on any atom is -0.468 e. The van der Waals surface area contributed by atoms with Crippen molar-refractivity contribution in [3.05, 3.63) is 28.8 Å². The van der Waals surface area contributed by atoms with Crippen LogP contribution in [0, 0.1) is 6.92 Å². The Labute approximate surface area is 127 Å². The quantitative estimate of drug-likeness (QED) is 0.782. The molecule has 1 unspecified atom stereocenters. The molecule has 0 aliphatic heterocycles. The van der Waals surface area contributed by atoms with Gasteiger partial charge in [-0.15, -0.1) is 11.8 Å². The molecule has 1 aromatic rings. The normalized spacial score (nSPS) is 11.8. The third kappa shape index (κ3) is 5.40. The van der Waals surface area contributed by atoms with Gasteiger partial charge in [0.1, 0.15) is 6.04 Å². The zero-order valence-corrected chi connectivity index (χ0v) is 12.9. The number of halogens is 1. The van der Waals surface area contributed by atoms with E-state index in [1.807, 2.05) is 13.0 Å². The lowest BCUT2D eigenvalue weighted by molar-refractivity contribution is -0.141. The van der Waals surface area contributed by atoms with Crippen molar-refractivity contribution >= 4 is 40.9 Å². The molecule has 20 heavy (non-hydrogen) atoms. The van der Waals surface area contributed by atoms with Gasteiger partial charge in [0.2, 0.25) is 5.91 Å². The van der Waals surface area contributed by atoms with E-state index in [0.717, 1.165) is 5.56 Å². The first-order valence-corrected chi connectivity index (χ1v) is 7.44. The first-order chi connectivity index (χ1) is 9.43. The lowest BCUT2D eigenvalue weighted by Crippen LogP contribution is -2.34. The molecule has 0 saturated carbocycles. The van der Waals surface area contributed by atoms with Gasteiger partial charge in [-0.1, -0.05) is 17.7 Å². The Morgan fingerprint density at radius 2 is 2.20 bits per heavy atom. The van der Waals surface area contributed by atoms with Crippen LogP contribution in [0.3, 0.4) is 0 Å². The molecule has 0 heterocycles. The Kier molecular flexibility index (Phi) is 6.84. The molecule has 1 aromatic carbocycles. The molecule has 0 aliphatic rings. The zero-order chi connectivity index (χ0) is 15.1. The average molecular weight is 317 g/mol. The van der Waals surface area contributed by atoms with E-state index in [1.165, 1.54) is 18.9 Å². The molecule has 0 aliphatic carbocycles. The number of nitrogens with one attached hydrogen (secondary N) is 1. The summed E-state index contributed by atoms with van der Waals surface area (Å²) < 4.78 is 4.50. The van der Waals surface area contributed by atoms with E-state index in [1.54, 1.807) is 12.1 Å². The number of nitrogens with two attached hydrogens (primary N) is 1. The lowest BCUT2D eigenvalue weighted by atomic mass is 10.2. The summed E-state index contributed by atoms with van der Waals surface area (Å²) in [5, 5.41) is 3.20. The molecule has 7 heteroatoms. The highest BCUT2D eigenvalue weighted by atomic mass is 35.5. The molecular formula is C13H17ClN2O3S. The van der Waals surface area contributed by atoms with Gasteiger partial charge in [-0.3, -0.25) is 9.59 Å². The van der Waals surface area contributed by atoms with Gasteiger partial charge < -0.3 is 15.8 Å². The first kappa shape index (κ1) is 16.8. The second-order valence-corrected chi connectivity index (χ2v) is 5.61. The number of aryl methyl sites for hydroxylation is 1. The summed E-state index contributed by atoms with van der Waals surface area (Å²) in [5.74, 6) is -0.173. The smallest absolute Gasteiger partial charge is 0.323 e. The molecule has 0 saturated heterocycles. The topological polar surface area (TPSA) is 81.4 Å². The number of benzene rings is 1. The summed E-state index contributed by atoms with van der Waals surface area (Å²) in [5.41, 5.74) is 7.15. The monoisotopic (exact) mass is 316 g/mol. The molecular weight excluding hydrogens is 300 g/mol. The van der Waals surface area contributed by atoms with Gasteiger partial charge in [-0.05, 0) is 24.6 Å². The van der Waals surface area contributed by atoms with Crippen LogP contribution in [0.5, 0.6) is 0 Å². The largest absolute Gasteiger partial charge is 0.468 e. The van der Waals surface area contributed by atoms with E-state index < -0.39 is 12.0 Å². The SMILES string of the molecule is COC(=O)C(N)CSCC(=O)Nc1ccc(C)cc1Cl. The second kappa shape index (κ2) is 8.14. The van der Waals surface area contributed by atoms with Gasteiger partial charge in [0, 0.05) is 5.75 Å². The van der Waals surface area contributed by atoms with Crippen LogP contribution in [0.15, 0.2) is 18.2 Å². The van der Waals surface area contributed by atoms with Gasteiger partial charge in [-0.25, -0.2) is 0 Å². The predicted molar refractivity (Wildman–Crippen MR) is 82.1 cm³/mol. The van der Waals surface area contributed by atoms with E-state index in [2.05, 4.69) is 10.1 Å². The summed E-state index contributed by atoms with van der Waals surface area (Å²) in [6.07, 6.45) is 0. The number of esters is 1. The number of thioether (sulfide) groups is 1.